The molecular formula is C29H32. The predicted octanol–water partition coefficient (Wildman–Crippen LogP) is 7.97. The van der Waals surface area contributed by atoms with Gasteiger partial charge in [0.05, 0.1) is 0 Å². The van der Waals surface area contributed by atoms with Crippen LogP contribution in [0, 0.1) is 12.8 Å². The van der Waals surface area contributed by atoms with Crippen molar-refractivity contribution in [2.75, 3.05) is 0 Å². The van der Waals surface area contributed by atoms with E-state index in [4.69, 9.17) is 0 Å². The van der Waals surface area contributed by atoms with E-state index in [0.29, 0.717) is 17.8 Å². The molecule has 2 unspecified atom stereocenters. The molecule has 0 spiro atoms. The van der Waals surface area contributed by atoms with Gasteiger partial charge in [0.1, 0.15) is 0 Å². The summed E-state index contributed by atoms with van der Waals surface area (Å²) in [6.07, 6.45) is 7.17. The van der Waals surface area contributed by atoms with Gasteiger partial charge < -0.3 is 0 Å². The molecule has 0 saturated carbocycles. The standard InChI is InChI=1S/C29H32/c1-18(2)23-11-14-27-25-13-10-22(29(27)17-23)7-6-21-8-9-24(16-20(25)4)28-15-19(3)5-12-26(21)28/h5,8-12,14-15,17-18,20,25H,6-7,13,16H2,1-4H3. The highest BCUT2D eigenvalue weighted by Gasteiger charge is 2.28. The van der Waals surface area contributed by atoms with Crippen LogP contribution in [0.1, 0.15) is 78.8 Å². The molecule has 29 heavy (non-hydrogen) atoms. The van der Waals surface area contributed by atoms with E-state index in [9.17, 15) is 0 Å². The van der Waals surface area contributed by atoms with E-state index in [1.54, 1.807) is 11.1 Å². The Balaban J connectivity index is 1.67. The first-order valence-corrected chi connectivity index (χ1v) is 11.4. The summed E-state index contributed by atoms with van der Waals surface area (Å²) in [5.41, 5.74) is 10.6. The van der Waals surface area contributed by atoms with Crippen molar-refractivity contribution in [2.45, 2.75) is 65.2 Å². The summed E-state index contributed by atoms with van der Waals surface area (Å²) in [7, 11) is 0. The highest BCUT2D eigenvalue weighted by atomic mass is 14.3. The Bertz CT molecular complexity index is 1110. The lowest BCUT2D eigenvalue weighted by molar-refractivity contribution is 0.455. The molecule has 148 valence electrons. The second-order valence-corrected chi connectivity index (χ2v) is 9.69. The van der Waals surface area contributed by atoms with E-state index < -0.39 is 0 Å². The number of aryl methyl sites for hydroxylation is 2. The SMILES string of the molecule is Cc1ccc2c3ccc(c2c1)CC(C)C1CC=C(CC3)c2cc(C(C)C)ccc21. The molecule has 4 bridgehead atoms. The zero-order chi connectivity index (χ0) is 20.1. The van der Waals surface area contributed by atoms with Crippen molar-refractivity contribution in [3.63, 3.8) is 0 Å². The van der Waals surface area contributed by atoms with Gasteiger partial charge in [-0.3, -0.25) is 0 Å². The van der Waals surface area contributed by atoms with Crippen LogP contribution in [0.3, 0.4) is 0 Å². The molecular weight excluding hydrogens is 348 g/mol. The van der Waals surface area contributed by atoms with Gasteiger partial charge in [-0.25, -0.2) is 0 Å². The predicted molar refractivity (Wildman–Crippen MR) is 126 cm³/mol. The summed E-state index contributed by atoms with van der Waals surface area (Å²) in [5.74, 6) is 1.83. The number of benzene rings is 3. The molecule has 0 aromatic heterocycles. The van der Waals surface area contributed by atoms with Crippen molar-refractivity contribution >= 4 is 16.3 Å². The van der Waals surface area contributed by atoms with E-state index in [1.807, 2.05) is 0 Å². The molecule has 3 aromatic carbocycles. The van der Waals surface area contributed by atoms with Crippen molar-refractivity contribution in [2.24, 2.45) is 5.92 Å². The molecule has 3 aromatic rings. The number of rotatable bonds is 1. The largest absolute Gasteiger partial charge is 0.0801 e. The van der Waals surface area contributed by atoms with Crippen LogP contribution in [0.25, 0.3) is 16.3 Å². The molecule has 0 N–H and O–H groups in total. The number of allylic oxidation sites excluding steroid dienone is 2. The van der Waals surface area contributed by atoms with Gasteiger partial charge in [0.15, 0.2) is 0 Å². The van der Waals surface area contributed by atoms with Gasteiger partial charge >= 0.3 is 0 Å². The molecule has 0 fully saturated rings. The Labute approximate surface area is 175 Å². The maximum absolute atomic E-state index is 2.56. The van der Waals surface area contributed by atoms with Crippen LogP contribution >= 0.6 is 0 Å². The maximum Gasteiger partial charge on any atom is -0.00923 e. The van der Waals surface area contributed by atoms with Gasteiger partial charge in [-0.05, 0) is 94.5 Å². The third kappa shape index (κ3) is 3.23. The van der Waals surface area contributed by atoms with Crippen molar-refractivity contribution in [3.05, 3.63) is 88.0 Å². The van der Waals surface area contributed by atoms with Crippen LogP contribution in [0.2, 0.25) is 0 Å². The van der Waals surface area contributed by atoms with Gasteiger partial charge in [0.2, 0.25) is 0 Å². The molecule has 3 aliphatic carbocycles. The quantitative estimate of drug-likeness (QED) is 0.401. The van der Waals surface area contributed by atoms with Crippen molar-refractivity contribution in [1.82, 2.24) is 0 Å². The fourth-order valence-electron chi connectivity index (χ4n) is 5.56. The van der Waals surface area contributed by atoms with Crippen LogP contribution in [0.5, 0.6) is 0 Å². The lowest BCUT2D eigenvalue weighted by Crippen LogP contribution is -2.18. The molecule has 2 atom stereocenters. The first-order chi connectivity index (χ1) is 14.0. The van der Waals surface area contributed by atoms with Crippen molar-refractivity contribution in [1.29, 1.82) is 0 Å². The Morgan fingerprint density at radius 3 is 2.52 bits per heavy atom. The number of fused-ring (bicyclic) bond motifs is 4. The fraction of sp³-hybridized carbons (Fsp3) is 0.379. The molecule has 0 aliphatic heterocycles. The third-order valence-electron chi connectivity index (χ3n) is 7.35. The monoisotopic (exact) mass is 380 g/mol. The molecule has 0 radical (unpaired) electrons. The van der Waals surface area contributed by atoms with E-state index in [1.165, 1.54) is 45.0 Å². The molecule has 0 heterocycles. The first-order valence-electron chi connectivity index (χ1n) is 11.4. The Hall–Kier alpha value is -2.34. The van der Waals surface area contributed by atoms with Gasteiger partial charge in [0, 0.05) is 0 Å². The summed E-state index contributed by atoms with van der Waals surface area (Å²) in [4.78, 5) is 0. The molecule has 0 saturated heterocycles. The zero-order valence-electron chi connectivity index (χ0n) is 18.3. The van der Waals surface area contributed by atoms with Crippen LogP contribution in [0.15, 0.2) is 54.6 Å². The Morgan fingerprint density at radius 2 is 1.69 bits per heavy atom. The van der Waals surface area contributed by atoms with Crippen LogP contribution in [-0.2, 0) is 12.8 Å². The normalized spacial score (nSPS) is 21.1. The van der Waals surface area contributed by atoms with Crippen molar-refractivity contribution < 1.29 is 0 Å². The average Bonchev–Trinajstić information content (AvgIpc) is 2.71. The van der Waals surface area contributed by atoms with Gasteiger partial charge in [0.25, 0.3) is 0 Å². The first kappa shape index (κ1) is 18.7. The Morgan fingerprint density at radius 1 is 0.862 bits per heavy atom. The van der Waals surface area contributed by atoms with Crippen molar-refractivity contribution in [3.8, 4) is 0 Å². The third-order valence-corrected chi connectivity index (χ3v) is 7.35. The average molecular weight is 381 g/mol. The van der Waals surface area contributed by atoms with E-state index in [0.717, 1.165) is 19.3 Å². The summed E-state index contributed by atoms with van der Waals surface area (Å²) < 4.78 is 0. The zero-order valence-corrected chi connectivity index (χ0v) is 18.3. The van der Waals surface area contributed by atoms with E-state index in [2.05, 4.69) is 82.3 Å². The minimum atomic E-state index is 0.581. The Kier molecular flexibility index (Phi) is 4.62. The second-order valence-electron chi connectivity index (χ2n) is 9.69. The van der Waals surface area contributed by atoms with Crippen LogP contribution in [-0.4, -0.2) is 0 Å². The van der Waals surface area contributed by atoms with Gasteiger partial charge in [-0.2, -0.15) is 0 Å². The summed E-state index contributed by atoms with van der Waals surface area (Å²) in [6.45, 7) is 9.30. The smallest absolute Gasteiger partial charge is 0.00923 e. The van der Waals surface area contributed by atoms with Gasteiger partial charge in [-0.1, -0.05) is 80.9 Å². The van der Waals surface area contributed by atoms with Gasteiger partial charge in [-0.15, -0.1) is 0 Å². The highest BCUT2D eigenvalue weighted by Crippen LogP contribution is 2.43. The second kappa shape index (κ2) is 7.17. The molecule has 0 amide bonds. The lowest BCUT2D eigenvalue weighted by Gasteiger charge is -2.32. The lowest BCUT2D eigenvalue weighted by atomic mass is 9.72. The minimum absolute atomic E-state index is 0.581. The topological polar surface area (TPSA) is 0 Å². The highest BCUT2D eigenvalue weighted by molar-refractivity contribution is 5.89. The number of hydrogen-bond acceptors (Lipinski definition) is 0. The summed E-state index contributed by atoms with van der Waals surface area (Å²) in [6, 6.07) is 19.2. The van der Waals surface area contributed by atoms with E-state index >= 15 is 0 Å². The van der Waals surface area contributed by atoms with Crippen LogP contribution < -0.4 is 0 Å². The molecule has 0 nitrogen and oxygen atoms in total. The fourth-order valence-corrected chi connectivity index (χ4v) is 5.56. The maximum atomic E-state index is 2.56. The minimum Gasteiger partial charge on any atom is -0.0801 e. The number of hydrogen-bond donors (Lipinski definition) is 0. The summed E-state index contributed by atoms with van der Waals surface area (Å²) in [5, 5.41) is 2.95. The molecule has 0 heteroatoms. The summed E-state index contributed by atoms with van der Waals surface area (Å²) >= 11 is 0. The van der Waals surface area contributed by atoms with E-state index in [-0.39, 0.29) is 0 Å². The van der Waals surface area contributed by atoms with Crippen LogP contribution in [0.4, 0.5) is 0 Å². The molecule has 3 aliphatic rings. The molecule has 6 rings (SSSR count).